The highest BCUT2D eigenvalue weighted by atomic mass is 35.5. The highest BCUT2D eigenvalue weighted by Crippen LogP contribution is 2.25. The summed E-state index contributed by atoms with van der Waals surface area (Å²) in [5.74, 6) is -1.25. The van der Waals surface area contributed by atoms with Crippen molar-refractivity contribution in [2.45, 2.75) is 25.0 Å². The lowest BCUT2D eigenvalue weighted by atomic mass is 9.96. The summed E-state index contributed by atoms with van der Waals surface area (Å²) >= 11 is 5.72. The highest BCUT2D eigenvalue weighted by molar-refractivity contribution is 6.30. The van der Waals surface area contributed by atoms with E-state index in [0.29, 0.717) is 13.0 Å². The first-order valence-corrected chi connectivity index (χ1v) is 6.37. The summed E-state index contributed by atoms with van der Waals surface area (Å²) < 4.78 is 18.7. The summed E-state index contributed by atoms with van der Waals surface area (Å²) in [5, 5.41) is 13.0. The molecule has 1 aromatic carbocycles. The molecule has 104 valence electrons. The van der Waals surface area contributed by atoms with Crippen LogP contribution in [0.3, 0.4) is 0 Å². The van der Waals surface area contributed by atoms with Crippen LogP contribution in [0.2, 0.25) is 5.02 Å². The highest BCUT2D eigenvalue weighted by Gasteiger charge is 2.39. The molecule has 0 aliphatic carbocycles. The molecular formula is C13H15ClFNO3. The minimum atomic E-state index is -1.11. The van der Waals surface area contributed by atoms with E-state index in [1.807, 2.05) is 0 Å². The number of aliphatic hydroxyl groups is 1. The van der Waals surface area contributed by atoms with Crippen LogP contribution in [0.15, 0.2) is 18.2 Å². The van der Waals surface area contributed by atoms with Gasteiger partial charge >= 0.3 is 0 Å². The van der Waals surface area contributed by atoms with E-state index in [-0.39, 0.29) is 23.2 Å². The molecule has 0 saturated carbocycles. The van der Waals surface area contributed by atoms with Gasteiger partial charge in [0.1, 0.15) is 11.4 Å². The maximum Gasteiger partial charge on any atom is 0.254 e. The van der Waals surface area contributed by atoms with E-state index in [9.17, 15) is 14.3 Å². The lowest BCUT2D eigenvalue weighted by Gasteiger charge is -2.26. The van der Waals surface area contributed by atoms with Crippen molar-refractivity contribution in [2.75, 3.05) is 13.2 Å². The number of halogens is 2. The number of benzene rings is 1. The number of amides is 1. The van der Waals surface area contributed by atoms with Crippen molar-refractivity contribution >= 4 is 17.5 Å². The van der Waals surface area contributed by atoms with Crippen LogP contribution in [-0.4, -0.2) is 35.9 Å². The van der Waals surface area contributed by atoms with Gasteiger partial charge in [-0.3, -0.25) is 4.79 Å². The number of hydrogen-bond donors (Lipinski definition) is 2. The molecule has 0 spiro atoms. The standard InChI is InChI=1S/C13H15ClFNO3/c1-8-13(18,4-5-19-8)7-16-12(17)10-6-9(14)2-3-11(10)15/h2-3,6,8,18H,4-5,7H2,1H3,(H,16,17). The van der Waals surface area contributed by atoms with Gasteiger partial charge in [-0.1, -0.05) is 11.6 Å². The third-order valence-electron chi connectivity index (χ3n) is 3.39. The zero-order valence-electron chi connectivity index (χ0n) is 10.5. The second-order valence-electron chi connectivity index (χ2n) is 4.67. The Morgan fingerprint density at radius 3 is 3.05 bits per heavy atom. The Labute approximate surface area is 115 Å². The Bertz CT molecular complexity index is 497. The molecule has 1 fully saturated rings. The van der Waals surface area contributed by atoms with Gasteiger partial charge in [-0.05, 0) is 25.1 Å². The molecule has 2 atom stereocenters. The van der Waals surface area contributed by atoms with Gasteiger partial charge in [0.2, 0.25) is 0 Å². The molecule has 19 heavy (non-hydrogen) atoms. The number of rotatable bonds is 3. The topological polar surface area (TPSA) is 58.6 Å². The minimum Gasteiger partial charge on any atom is -0.385 e. The summed E-state index contributed by atoms with van der Waals surface area (Å²) in [5.41, 5.74) is -1.24. The number of ether oxygens (including phenoxy) is 1. The fourth-order valence-corrected chi connectivity index (χ4v) is 2.18. The van der Waals surface area contributed by atoms with Gasteiger partial charge in [0.05, 0.1) is 11.7 Å². The Kier molecular flexibility index (Phi) is 4.08. The number of nitrogens with one attached hydrogen (secondary N) is 1. The fourth-order valence-electron chi connectivity index (χ4n) is 2.00. The van der Waals surface area contributed by atoms with Crippen LogP contribution in [0.25, 0.3) is 0 Å². The summed E-state index contributed by atoms with van der Waals surface area (Å²) in [4.78, 5) is 11.9. The van der Waals surface area contributed by atoms with Gasteiger partial charge in [-0.15, -0.1) is 0 Å². The fraction of sp³-hybridized carbons (Fsp3) is 0.462. The molecule has 1 aliphatic rings. The molecule has 6 heteroatoms. The van der Waals surface area contributed by atoms with Crippen LogP contribution in [0.1, 0.15) is 23.7 Å². The SMILES string of the molecule is CC1OCCC1(O)CNC(=O)c1cc(Cl)ccc1F. The summed E-state index contributed by atoms with van der Waals surface area (Å²) in [6, 6.07) is 3.76. The third kappa shape index (κ3) is 3.05. The third-order valence-corrected chi connectivity index (χ3v) is 3.62. The molecule has 0 radical (unpaired) electrons. The van der Waals surface area contributed by atoms with Crippen LogP contribution in [-0.2, 0) is 4.74 Å². The quantitative estimate of drug-likeness (QED) is 0.890. The Hall–Kier alpha value is -1.17. The van der Waals surface area contributed by atoms with E-state index < -0.39 is 17.3 Å². The van der Waals surface area contributed by atoms with E-state index >= 15 is 0 Å². The van der Waals surface area contributed by atoms with E-state index in [0.717, 1.165) is 6.07 Å². The first-order valence-electron chi connectivity index (χ1n) is 5.99. The number of hydrogen-bond acceptors (Lipinski definition) is 3. The molecule has 2 unspecified atom stereocenters. The lowest BCUT2D eigenvalue weighted by molar-refractivity contribution is -0.0251. The molecule has 1 heterocycles. The predicted molar refractivity (Wildman–Crippen MR) is 68.7 cm³/mol. The smallest absolute Gasteiger partial charge is 0.254 e. The van der Waals surface area contributed by atoms with E-state index in [1.54, 1.807) is 6.92 Å². The predicted octanol–water partition coefficient (Wildman–Crippen LogP) is 1.75. The van der Waals surface area contributed by atoms with Crippen molar-refractivity contribution in [1.82, 2.24) is 5.32 Å². The zero-order valence-corrected chi connectivity index (χ0v) is 11.2. The maximum absolute atomic E-state index is 13.5. The Balaban J connectivity index is 2.03. The second-order valence-corrected chi connectivity index (χ2v) is 5.11. The monoisotopic (exact) mass is 287 g/mol. The first-order chi connectivity index (χ1) is 8.92. The number of carbonyl (C=O) groups is 1. The lowest BCUT2D eigenvalue weighted by Crippen LogP contribution is -2.47. The van der Waals surface area contributed by atoms with Crippen molar-refractivity contribution < 1.29 is 19.0 Å². The largest absolute Gasteiger partial charge is 0.385 e. The molecule has 1 amide bonds. The summed E-state index contributed by atoms with van der Waals surface area (Å²) in [6.07, 6.45) is 0.0731. The molecule has 1 aromatic rings. The maximum atomic E-state index is 13.5. The van der Waals surface area contributed by atoms with Crippen LogP contribution < -0.4 is 5.32 Å². The van der Waals surface area contributed by atoms with Gasteiger partial charge in [0.25, 0.3) is 5.91 Å². The average Bonchev–Trinajstić information content (AvgIpc) is 2.70. The van der Waals surface area contributed by atoms with Crippen molar-refractivity contribution in [2.24, 2.45) is 0 Å². The van der Waals surface area contributed by atoms with Crippen molar-refractivity contribution in [3.8, 4) is 0 Å². The van der Waals surface area contributed by atoms with Crippen molar-refractivity contribution in [3.05, 3.63) is 34.6 Å². The minimum absolute atomic E-state index is 0.0129. The first kappa shape index (κ1) is 14.2. The van der Waals surface area contributed by atoms with Crippen molar-refractivity contribution in [1.29, 1.82) is 0 Å². The molecule has 2 rings (SSSR count). The zero-order chi connectivity index (χ0) is 14.0. The van der Waals surface area contributed by atoms with Gasteiger partial charge in [0, 0.05) is 24.6 Å². The van der Waals surface area contributed by atoms with E-state index in [2.05, 4.69) is 5.32 Å². The number of carbonyl (C=O) groups excluding carboxylic acids is 1. The van der Waals surface area contributed by atoms with Gasteiger partial charge < -0.3 is 15.2 Å². The Morgan fingerprint density at radius 1 is 1.68 bits per heavy atom. The molecule has 4 nitrogen and oxygen atoms in total. The molecule has 1 aliphatic heterocycles. The molecule has 0 bridgehead atoms. The van der Waals surface area contributed by atoms with Crippen LogP contribution in [0, 0.1) is 5.82 Å². The normalized spacial score (nSPS) is 26.4. The van der Waals surface area contributed by atoms with Gasteiger partial charge in [-0.25, -0.2) is 4.39 Å². The van der Waals surface area contributed by atoms with Crippen LogP contribution >= 0.6 is 11.6 Å². The van der Waals surface area contributed by atoms with Crippen LogP contribution in [0.5, 0.6) is 0 Å². The van der Waals surface area contributed by atoms with E-state index in [1.165, 1.54) is 12.1 Å². The summed E-state index contributed by atoms with van der Waals surface area (Å²) in [6.45, 7) is 2.19. The van der Waals surface area contributed by atoms with E-state index in [4.69, 9.17) is 16.3 Å². The van der Waals surface area contributed by atoms with Gasteiger partial charge in [0.15, 0.2) is 0 Å². The molecule has 1 saturated heterocycles. The van der Waals surface area contributed by atoms with Crippen LogP contribution in [0.4, 0.5) is 4.39 Å². The molecular weight excluding hydrogens is 273 g/mol. The molecule has 2 N–H and O–H groups in total. The summed E-state index contributed by atoms with van der Waals surface area (Å²) in [7, 11) is 0. The van der Waals surface area contributed by atoms with Gasteiger partial charge in [-0.2, -0.15) is 0 Å². The molecule has 0 aromatic heterocycles. The Morgan fingerprint density at radius 2 is 2.42 bits per heavy atom. The van der Waals surface area contributed by atoms with Crippen molar-refractivity contribution in [3.63, 3.8) is 0 Å². The second kappa shape index (κ2) is 5.45. The average molecular weight is 288 g/mol.